The van der Waals surface area contributed by atoms with Crippen LogP contribution >= 0.6 is 0 Å². The van der Waals surface area contributed by atoms with Crippen LogP contribution in [0.1, 0.15) is 30.3 Å². The fourth-order valence-electron chi connectivity index (χ4n) is 3.65. The zero-order chi connectivity index (χ0) is 18.1. The molecule has 1 aromatic carbocycles. The lowest BCUT2D eigenvalue weighted by Gasteiger charge is -2.32. The van der Waals surface area contributed by atoms with Gasteiger partial charge in [-0.15, -0.1) is 0 Å². The van der Waals surface area contributed by atoms with E-state index in [-0.39, 0.29) is 23.9 Å². The summed E-state index contributed by atoms with van der Waals surface area (Å²) < 4.78 is 1.48. The number of hydrogen-bond acceptors (Lipinski definition) is 4. The van der Waals surface area contributed by atoms with Gasteiger partial charge in [-0.05, 0) is 38.0 Å². The molecule has 7 nitrogen and oxygen atoms in total. The predicted octanol–water partition coefficient (Wildman–Crippen LogP) is 1.83. The molecule has 0 bridgehead atoms. The number of nitrogens with zero attached hydrogens (tertiary/aromatic N) is 4. The molecule has 1 aliphatic rings. The Morgan fingerprint density at radius 1 is 1.31 bits per heavy atom. The number of piperidine rings is 1. The summed E-state index contributed by atoms with van der Waals surface area (Å²) >= 11 is 0. The van der Waals surface area contributed by atoms with E-state index in [2.05, 4.69) is 15.2 Å². The first-order valence-electron chi connectivity index (χ1n) is 8.86. The van der Waals surface area contributed by atoms with Crippen LogP contribution in [-0.4, -0.2) is 43.6 Å². The number of aromatic nitrogens is 4. The number of rotatable bonds is 3. The monoisotopic (exact) mass is 351 g/mol. The number of amides is 1. The summed E-state index contributed by atoms with van der Waals surface area (Å²) in [5.74, 6) is 0.781. The number of benzene rings is 1. The fraction of sp³-hybridized carbons (Fsp3) is 0.368. The zero-order valence-electron chi connectivity index (χ0n) is 14.7. The molecular weight excluding hydrogens is 330 g/mol. The molecule has 1 amide bonds. The van der Waals surface area contributed by atoms with E-state index in [1.54, 1.807) is 19.2 Å². The average Bonchev–Trinajstić information content (AvgIpc) is 3.20. The van der Waals surface area contributed by atoms with E-state index in [1.165, 1.54) is 4.57 Å². The second-order valence-corrected chi connectivity index (χ2v) is 6.76. The van der Waals surface area contributed by atoms with E-state index in [4.69, 9.17) is 0 Å². The van der Waals surface area contributed by atoms with Crippen LogP contribution < -0.4 is 5.56 Å². The van der Waals surface area contributed by atoms with Crippen LogP contribution in [-0.2, 0) is 11.3 Å². The van der Waals surface area contributed by atoms with Gasteiger partial charge in [-0.2, -0.15) is 5.10 Å². The summed E-state index contributed by atoms with van der Waals surface area (Å²) in [7, 11) is 0. The predicted molar refractivity (Wildman–Crippen MR) is 97.9 cm³/mol. The minimum Gasteiger partial charge on any atom is -0.340 e. The molecule has 0 aliphatic carbocycles. The maximum absolute atomic E-state index is 12.8. The molecule has 1 unspecified atom stereocenters. The van der Waals surface area contributed by atoms with E-state index in [1.807, 2.05) is 29.2 Å². The van der Waals surface area contributed by atoms with Crippen molar-refractivity contribution in [1.29, 1.82) is 0 Å². The highest BCUT2D eigenvalue weighted by Gasteiger charge is 2.26. The smallest absolute Gasteiger partial charge is 0.261 e. The molecule has 7 heteroatoms. The Bertz CT molecular complexity index is 993. The van der Waals surface area contributed by atoms with E-state index in [0.29, 0.717) is 23.3 Å². The van der Waals surface area contributed by atoms with E-state index in [0.717, 1.165) is 25.1 Å². The number of aryl methyl sites for hydroxylation is 1. The van der Waals surface area contributed by atoms with Crippen LogP contribution in [0.5, 0.6) is 0 Å². The van der Waals surface area contributed by atoms with Crippen LogP contribution in [0.15, 0.2) is 41.3 Å². The fourth-order valence-corrected chi connectivity index (χ4v) is 3.65. The summed E-state index contributed by atoms with van der Waals surface area (Å²) in [6.45, 7) is 3.16. The topological polar surface area (TPSA) is 83.9 Å². The number of hydrogen-bond donors (Lipinski definition) is 1. The van der Waals surface area contributed by atoms with Gasteiger partial charge in [0, 0.05) is 30.9 Å². The molecule has 1 N–H and O–H groups in total. The minimum atomic E-state index is -0.163. The molecule has 3 aromatic rings. The summed E-state index contributed by atoms with van der Waals surface area (Å²) in [6, 6.07) is 9.19. The molecule has 1 atom stereocenters. The average molecular weight is 351 g/mol. The van der Waals surface area contributed by atoms with Gasteiger partial charge in [0.05, 0.1) is 10.9 Å². The lowest BCUT2D eigenvalue weighted by molar-refractivity contribution is -0.133. The summed E-state index contributed by atoms with van der Waals surface area (Å²) in [4.78, 5) is 31.9. The Kier molecular flexibility index (Phi) is 4.28. The number of para-hydroxylation sites is 1. The number of nitrogens with one attached hydrogen (secondary N) is 1. The number of H-pyrrole nitrogens is 1. The van der Waals surface area contributed by atoms with Crippen molar-refractivity contribution in [3.05, 3.63) is 58.4 Å². The first-order valence-corrected chi connectivity index (χ1v) is 8.86. The van der Waals surface area contributed by atoms with Gasteiger partial charge >= 0.3 is 0 Å². The third kappa shape index (κ3) is 3.00. The minimum absolute atomic E-state index is 0.0260. The summed E-state index contributed by atoms with van der Waals surface area (Å²) in [5.41, 5.74) is 1.56. The Morgan fingerprint density at radius 2 is 2.15 bits per heavy atom. The third-order valence-corrected chi connectivity index (χ3v) is 5.08. The molecule has 0 radical (unpaired) electrons. The van der Waals surface area contributed by atoms with E-state index in [9.17, 15) is 9.59 Å². The summed E-state index contributed by atoms with van der Waals surface area (Å²) in [5, 5.41) is 7.55. The second-order valence-electron chi connectivity index (χ2n) is 6.76. The lowest BCUT2D eigenvalue weighted by Crippen LogP contribution is -2.42. The van der Waals surface area contributed by atoms with Crippen molar-refractivity contribution < 1.29 is 4.79 Å². The quantitative estimate of drug-likeness (QED) is 0.780. The Balaban J connectivity index is 1.56. The molecule has 3 heterocycles. The third-order valence-electron chi connectivity index (χ3n) is 5.08. The zero-order valence-corrected chi connectivity index (χ0v) is 14.7. The van der Waals surface area contributed by atoms with Crippen molar-refractivity contribution in [3.8, 4) is 0 Å². The molecule has 1 fully saturated rings. The van der Waals surface area contributed by atoms with Crippen molar-refractivity contribution in [3.63, 3.8) is 0 Å². The van der Waals surface area contributed by atoms with Crippen LogP contribution in [0.2, 0.25) is 0 Å². The number of carbonyl (C=O) groups is 1. The Hall–Kier alpha value is -2.96. The Morgan fingerprint density at radius 3 is 2.96 bits per heavy atom. The van der Waals surface area contributed by atoms with Crippen LogP contribution in [0.4, 0.5) is 0 Å². The van der Waals surface area contributed by atoms with Gasteiger partial charge in [-0.3, -0.25) is 19.3 Å². The molecule has 0 saturated carbocycles. The molecule has 1 saturated heterocycles. The van der Waals surface area contributed by atoms with Crippen molar-refractivity contribution in [2.24, 2.45) is 0 Å². The molecule has 1 aliphatic heterocycles. The standard InChI is InChI=1S/C19H21N5O2/c1-13-21-17-7-3-2-6-15(17)19(26)24(13)12-18(25)23-10-4-5-14(11-23)16-8-9-20-22-16/h2-3,6-9,14H,4-5,10-12H2,1H3,(H,20,22). The van der Waals surface area contributed by atoms with Crippen molar-refractivity contribution in [2.45, 2.75) is 32.2 Å². The molecule has 4 rings (SSSR count). The van der Waals surface area contributed by atoms with E-state index < -0.39 is 0 Å². The molecule has 0 spiro atoms. The van der Waals surface area contributed by atoms with Crippen molar-refractivity contribution in [2.75, 3.05) is 13.1 Å². The molecule has 2 aromatic heterocycles. The molecule has 134 valence electrons. The molecular formula is C19H21N5O2. The lowest BCUT2D eigenvalue weighted by atomic mass is 9.95. The number of aromatic amines is 1. The largest absolute Gasteiger partial charge is 0.340 e. The second kappa shape index (κ2) is 6.74. The molecule has 26 heavy (non-hydrogen) atoms. The van der Waals surface area contributed by atoms with Crippen LogP contribution in [0, 0.1) is 6.92 Å². The van der Waals surface area contributed by atoms with Gasteiger partial charge in [-0.25, -0.2) is 4.98 Å². The van der Waals surface area contributed by atoms with Crippen LogP contribution in [0.3, 0.4) is 0 Å². The number of fused-ring (bicyclic) bond motifs is 1. The van der Waals surface area contributed by atoms with Gasteiger partial charge in [0.2, 0.25) is 5.91 Å². The van der Waals surface area contributed by atoms with Crippen molar-refractivity contribution in [1.82, 2.24) is 24.6 Å². The van der Waals surface area contributed by atoms with Gasteiger partial charge in [0.15, 0.2) is 0 Å². The maximum Gasteiger partial charge on any atom is 0.261 e. The highest BCUT2D eigenvalue weighted by atomic mass is 16.2. The number of likely N-dealkylation sites (tertiary alicyclic amines) is 1. The van der Waals surface area contributed by atoms with Gasteiger partial charge in [0.1, 0.15) is 12.4 Å². The van der Waals surface area contributed by atoms with Gasteiger partial charge in [0.25, 0.3) is 5.56 Å². The van der Waals surface area contributed by atoms with Crippen LogP contribution in [0.25, 0.3) is 10.9 Å². The van der Waals surface area contributed by atoms with E-state index >= 15 is 0 Å². The first kappa shape index (κ1) is 16.5. The van der Waals surface area contributed by atoms with Crippen molar-refractivity contribution >= 4 is 16.8 Å². The normalized spacial score (nSPS) is 17.6. The maximum atomic E-state index is 12.8. The SMILES string of the molecule is Cc1nc2ccccc2c(=O)n1CC(=O)N1CCCC(c2ccn[nH]2)C1. The highest BCUT2D eigenvalue weighted by Crippen LogP contribution is 2.25. The summed E-state index contributed by atoms with van der Waals surface area (Å²) in [6.07, 6.45) is 3.71. The number of carbonyl (C=O) groups excluding carboxylic acids is 1. The first-order chi connectivity index (χ1) is 12.6. The highest BCUT2D eigenvalue weighted by molar-refractivity contribution is 5.79. The van der Waals surface area contributed by atoms with Gasteiger partial charge in [-0.1, -0.05) is 12.1 Å². The van der Waals surface area contributed by atoms with Gasteiger partial charge < -0.3 is 4.90 Å². The Labute approximate surface area is 150 Å².